The molecule has 4 nitrogen and oxygen atoms in total. The Morgan fingerprint density at radius 3 is 3.18 bits per heavy atom. The number of anilines is 1. The van der Waals surface area contributed by atoms with Crippen molar-refractivity contribution in [3.63, 3.8) is 0 Å². The molecule has 1 aliphatic rings. The van der Waals surface area contributed by atoms with Gasteiger partial charge in [-0.2, -0.15) is 0 Å². The molecule has 0 radical (unpaired) electrons. The lowest BCUT2D eigenvalue weighted by Crippen LogP contribution is -2.17. The van der Waals surface area contributed by atoms with Crippen LogP contribution in [0.25, 0.3) is 10.2 Å². The lowest BCUT2D eigenvalue weighted by molar-refractivity contribution is 0.250. The fraction of sp³-hybridized carbons (Fsp3) is 0.333. The third kappa shape index (κ3) is 2.03. The Labute approximate surface area is 103 Å². The van der Waals surface area contributed by atoms with Crippen LogP contribution < -0.4 is 5.32 Å². The molecule has 2 aromatic heterocycles. The fourth-order valence-electron chi connectivity index (χ4n) is 2.10. The second-order valence-electron chi connectivity index (χ2n) is 4.18. The SMILES string of the molecule is OC[C@H]1C=C[C@@H](Nc2ncnc3sccc23)C1. The van der Waals surface area contributed by atoms with Crippen LogP contribution in [-0.4, -0.2) is 27.7 Å². The highest BCUT2D eigenvalue weighted by molar-refractivity contribution is 7.16. The van der Waals surface area contributed by atoms with Crippen molar-refractivity contribution < 1.29 is 5.11 Å². The second-order valence-corrected chi connectivity index (χ2v) is 5.07. The van der Waals surface area contributed by atoms with E-state index in [2.05, 4.69) is 27.4 Å². The van der Waals surface area contributed by atoms with Crippen molar-refractivity contribution >= 4 is 27.4 Å². The second kappa shape index (κ2) is 4.43. The average molecular weight is 247 g/mol. The normalized spacial score (nSPS) is 23.4. The van der Waals surface area contributed by atoms with Crippen LogP contribution in [0.5, 0.6) is 0 Å². The van der Waals surface area contributed by atoms with E-state index >= 15 is 0 Å². The predicted octanol–water partition coefficient (Wildman–Crippen LogP) is 2.04. The Hall–Kier alpha value is -1.46. The number of nitrogens with one attached hydrogen (secondary N) is 1. The maximum atomic E-state index is 9.09. The number of hydrogen-bond donors (Lipinski definition) is 2. The maximum absolute atomic E-state index is 9.09. The molecule has 0 amide bonds. The Morgan fingerprint density at radius 2 is 2.35 bits per heavy atom. The van der Waals surface area contributed by atoms with E-state index in [9.17, 15) is 0 Å². The van der Waals surface area contributed by atoms with Gasteiger partial charge in [0, 0.05) is 18.6 Å². The summed E-state index contributed by atoms with van der Waals surface area (Å²) < 4.78 is 0. The van der Waals surface area contributed by atoms with Gasteiger partial charge in [-0.15, -0.1) is 11.3 Å². The van der Waals surface area contributed by atoms with Gasteiger partial charge in [0.2, 0.25) is 0 Å². The summed E-state index contributed by atoms with van der Waals surface area (Å²) in [5, 5.41) is 15.6. The molecule has 17 heavy (non-hydrogen) atoms. The summed E-state index contributed by atoms with van der Waals surface area (Å²) in [6.07, 6.45) is 6.67. The molecule has 0 saturated carbocycles. The predicted molar refractivity (Wildman–Crippen MR) is 69.2 cm³/mol. The van der Waals surface area contributed by atoms with Crippen LogP contribution in [0.3, 0.4) is 0 Å². The number of fused-ring (bicyclic) bond motifs is 1. The highest BCUT2D eigenvalue weighted by Gasteiger charge is 2.19. The molecule has 88 valence electrons. The molecule has 3 rings (SSSR count). The van der Waals surface area contributed by atoms with Crippen molar-refractivity contribution in [2.24, 2.45) is 5.92 Å². The topological polar surface area (TPSA) is 58.0 Å². The van der Waals surface area contributed by atoms with Crippen LogP contribution in [0, 0.1) is 5.92 Å². The standard InChI is InChI=1S/C12H13N3OS/c16-6-8-1-2-9(5-8)15-11-10-3-4-17-12(10)14-7-13-11/h1-4,7-9,16H,5-6H2,(H,13,14,15)/t8-,9+/m0/s1. The highest BCUT2D eigenvalue weighted by atomic mass is 32.1. The smallest absolute Gasteiger partial charge is 0.138 e. The molecule has 0 aliphatic heterocycles. The van der Waals surface area contributed by atoms with Crippen molar-refractivity contribution in [1.29, 1.82) is 0 Å². The number of hydrogen-bond acceptors (Lipinski definition) is 5. The zero-order chi connectivity index (χ0) is 11.7. The van der Waals surface area contributed by atoms with Crippen molar-refractivity contribution in [2.45, 2.75) is 12.5 Å². The van der Waals surface area contributed by atoms with Gasteiger partial charge in [-0.25, -0.2) is 9.97 Å². The average Bonchev–Trinajstić information content (AvgIpc) is 2.97. The molecule has 0 unspecified atom stereocenters. The van der Waals surface area contributed by atoms with E-state index in [1.807, 2.05) is 11.4 Å². The summed E-state index contributed by atoms with van der Waals surface area (Å²) in [7, 11) is 0. The first-order valence-electron chi connectivity index (χ1n) is 5.61. The molecule has 5 heteroatoms. The minimum atomic E-state index is 0.215. The summed E-state index contributed by atoms with van der Waals surface area (Å²) in [5.74, 6) is 1.15. The van der Waals surface area contributed by atoms with E-state index in [0.29, 0.717) is 0 Å². The van der Waals surface area contributed by atoms with E-state index in [-0.39, 0.29) is 18.6 Å². The summed E-state index contributed by atoms with van der Waals surface area (Å²) in [6.45, 7) is 0.215. The number of aliphatic hydroxyl groups excluding tert-OH is 1. The van der Waals surface area contributed by atoms with E-state index in [4.69, 9.17) is 5.11 Å². The van der Waals surface area contributed by atoms with Crippen LogP contribution in [0.2, 0.25) is 0 Å². The number of aliphatic hydroxyl groups is 1. The van der Waals surface area contributed by atoms with Gasteiger partial charge in [0.05, 0.1) is 5.39 Å². The van der Waals surface area contributed by atoms with Gasteiger partial charge < -0.3 is 10.4 Å². The van der Waals surface area contributed by atoms with Gasteiger partial charge in [0.1, 0.15) is 17.0 Å². The van der Waals surface area contributed by atoms with E-state index < -0.39 is 0 Å². The molecule has 1 aliphatic carbocycles. The zero-order valence-electron chi connectivity index (χ0n) is 9.21. The molecule has 2 heterocycles. The Bertz CT molecular complexity index is 551. The van der Waals surface area contributed by atoms with Gasteiger partial charge in [-0.3, -0.25) is 0 Å². The van der Waals surface area contributed by atoms with Crippen molar-refractivity contribution in [3.05, 3.63) is 29.9 Å². The van der Waals surface area contributed by atoms with Gasteiger partial charge >= 0.3 is 0 Å². The lowest BCUT2D eigenvalue weighted by atomic mass is 10.1. The van der Waals surface area contributed by atoms with Crippen LogP contribution in [0.4, 0.5) is 5.82 Å². The highest BCUT2D eigenvalue weighted by Crippen LogP contribution is 2.26. The van der Waals surface area contributed by atoms with Crippen LogP contribution in [0.15, 0.2) is 29.9 Å². The van der Waals surface area contributed by atoms with E-state index in [1.165, 1.54) is 0 Å². The molecule has 0 saturated heterocycles. The number of thiophene rings is 1. The summed E-state index contributed by atoms with van der Waals surface area (Å²) >= 11 is 1.62. The Morgan fingerprint density at radius 1 is 1.41 bits per heavy atom. The third-order valence-electron chi connectivity index (χ3n) is 2.99. The molecule has 0 fully saturated rings. The van der Waals surface area contributed by atoms with Gasteiger partial charge in [0.25, 0.3) is 0 Å². The number of nitrogens with zero attached hydrogens (tertiary/aromatic N) is 2. The van der Waals surface area contributed by atoms with Gasteiger partial charge in [-0.1, -0.05) is 12.2 Å². The fourth-order valence-corrected chi connectivity index (χ4v) is 2.83. The monoisotopic (exact) mass is 247 g/mol. The minimum absolute atomic E-state index is 0.215. The molecule has 2 atom stereocenters. The first-order chi connectivity index (χ1) is 8.36. The third-order valence-corrected chi connectivity index (χ3v) is 3.81. The summed E-state index contributed by atoms with van der Waals surface area (Å²) in [6, 6.07) is 2.29. The molecule has 0 aromatic carbocycles. The maximum Gasteiger partial charge on any atom is 0.138 e. The molecule has 0 spiro atoms. The molecular weight excluding hydrogens is 234 g/mol. The van der Waals surface area contributed by atoms with E-state index in [1.54, 1.807) is 17.7 Å². The first-order valence-corrected chi connectivity index (χ1v) is 6.48. The molecule has 2 aromatic rings. The summed E-state index contributed by atoms with van der Waals surface area (Å²) in [4.78, 5) is 9.50. The van der Waals surface area contributed by atoms with E-state index in [0.717, 1.165) is 22.5 Å². The van der Waals surface area contributed by atoms with Crippen LogP contribution in [-0.2, 0) is 0 Å². The van der Waals surface area contributed by atoms with Crippen molar-refractivity contribution in [3.8, 4) is 0 Å². The van der Waals surface area contributed by atoms with Crippen LogP contribution >= 0.6 is 11.3 Å². The number of rotatable bonds is 3. The first kappa shape index (κ1) is 10.7. The largest absolute Gasteiger partial charge is 0.396 e. The molecule has 0 bridgehead atoms. The van der Waals surface area contributed by atoms with Crippen molar-refractivity contribution in [2.75, 3.05) is 11.9 Å². The van der Waals surface area contributed by atoms with Gasteiger partial charge in [0.15, 0.2) is 0 Å². The molecule has 2 N–H and O–H groups in total. The summed E-state index contributed by atoms with van der Waals surface area (Å²) in [5.41, 5.74) is 0. The van der Waals surface area contributed by atoms with Crippen molar-refractivity contribution in [1.82, 2.24) is 9.97 Å². The lowest BCUT2D eigenvalue weighted by Gasteiger charge is -2.13. The Kier molecular flexibility index (Phi) is 2.78. The zero-order valence-corrected chi connectivity index (χ0v) is 10.0. The quantitative estimate of drug-likeness (QED) is 0.815. The minimum Gasteiger partial charge on any atom is -0.396 e. The Balaban J connectivity index is 1.82. The molecular formula is C12H13N3OS. The van der Waals surface area contributed by atoms with Gasteiger partial charge in [-0.05, 0) is 17.9 Å². The number of aromatic nitrogens is 2. The van der Waals surface area contributed by atoms with Crippen LogP contribution in [0.1, 0.15) is 6.42 Å².